The van der Waals surface area contributed by atoms with Crippen molar-refractivity contribution in [3.8, 4) is 0 Å². The number of carbonyl (C=O) groups is 3. The number of carbonyl (C=O) groups excluding carboxylic acids is 2. The molecule has 1 saturated heterocycles. The third-order valence-electron chi connectivity index (χ3n) is 4.80. The average Bonchev–Trinajstić information content (AvgIpc) is 3.04. The van der Waals surface area contributed by atoms with Crippen LogP contribution in [0.1, 0.15) is 36.0 Å². The molecular formula is C18H19F2N3O5. The molecule has 1 spiro atoms. The fraction of sp³-hybridized carbons (Fsp3) is 0.444. The highest BCUT2D eigenvalue weighted by Crippen LogP contribution is 2.35. The van der Waals surface area contributed by atoms with E-state index in [0.717, 1.165) is 12.1 Å². The molecule has 0 radical (unpaired) electrons. The zero-order valence-electron chi connectivity index (χ0n) is 14.9. The first-order valence-corrected chi connectivity index (χ1v) is 8.78. The Morgan fingerprint density at radius 3 is 2.43 bits per heavy atom. The zero-order valence-corrected chi connectivity index (χ0v) is 14.9. The minimum Gasteiger partial charge on any atom is -0.481 e. The lowest BCUT2D eigenvalue weighted by atomic mass is 9.86. The molecule has 150 valence electrons. The summed E-state index contributed by atoms with van der Waals surface area (Å²) in [6.07, 6.45) is 0.878. The van der Waals surface area contributed by atoms with Crippen molar-refractivity contribution in [1.29, 1.82) is 0 Å². The number of piperidine rings is 1. The maximum absolute atomic E-state index is 13.3. The number of oxime groups is 1. The van der Waals surface area contributed by atoms with Gasteiger partial charge >= 0.3 is 5.97 Å². The minimum atomic E-state index is -1.02. The number of likely N-dealkylation sites (tertiary alicyclic amines) is 1. The fourth-order valence-corrected chi connectivity index (χ4v) is 3.27. The Kier molecular flexibility index (Phi) is 5.57. The number of benzene rings is 1. The van der Waals surface area contributed by atoms with Crippen molar-refractivity contribution in [2.75, 3.05) is 19.6 Å². The highest BCUT2D eigenvalue weighted by Gasteiger charge is 2.44. The number of carboxylic acids is 1. The topological polar surface area (TPSA) is 108 Å². The van der Waals surface area contributed by atoms with Crippen LogP contribution in [-0.4, -0.2) is 58.7 Å². The summed E-state index contributed by atoms with van der Waals surface area (Å²) in [4.78, 5) is 41.9. The van der Waals surface area contributed by atoms with E-state index in [1.54, 1.807) is 0 Å². The lowest BCUT2D eigenvalue weighted by Crippen LogP contribution is -2.47. The first-order chi connectivity index (χ1) is 13.3. The maximum Gasteiger partial charge on any atom is 0.305 e. The molecule has 0 aliphatic carbocycles. The molecule has 3 rings (SSSR count). The molecule has 0 saturated carbocycles. The molecule has 2 amide bonds. The van der Waals surface area contributed by atoms with Gasteiger partial charge in [-0.3, -0.25) is 14.4 Å². The molecule has 1 aromatic rings. The highest BCUT2D eigenvalue weighted by atomic mass is 19.1. The van der Waals surface area contributed by atoms with Gasteiger partial charge in [0.2, 0.25) is 0 Å². The van der Waals surface area contributed by atoms with E-state index in [2.05, 4.69) is 10.5 Å². The van der Waals surface area contributed by atoms with Gasteiger partial charge in [0.05, 0.1) is 6.42 Å². The molecule has 1 aromatic carbocycles. The summed E-state index contributed by atoms with van der Waals surface area (Å²) in [6, 6.07) is 2.68. The van der Waals surface area contributed by atoms with Crippen LogP contribution >= 0.6 is 0 Å². The van der Waals surface area contributed by atoms with Gasteiger partial charge in [-0.1, -0.05) is 5.16 Å². The number of nitrogens with zero attached hydrogens (tertiary/aromatic N) is 2. The number of hydrogen-bond acceptors (Lipinski definition) is 5. The minimum absolute atomic E-state index is 0.00728. The molecule has 0 unspecified atom stereocenters. The van der Waals surface area contributed by atoms with Crippen LogP contribution in [0.15, 0.2) is 23.4 Å². The van der Waals surface area contributed by atoms with Gasteiger partial charge in [0, 0.05) is 50.5 Å². The number of rotatable bonds is 5. The normalized spacial score (nSPS) is 17.8. The van der Waals surface area contributed by atoms with Crippen LogP contribution in [0.5, 0.6) is 0 Å². The van der Waals surface area contributed by atoms with Crippen LogP contribution in [0.25, 0.3) is 0 Å². The summed E-state index contributed by atoms with van der Waals surface area (Å²) >= 11 is 0. The van der Waals surface area contributed by atoms with Gasteiger partial charge < -0.3 is 20.2 Å². The van der Waals surface area contributed by atoms with Crippen LogP contribution < -0.4 is 5.32 Å². The molecule has 28 heavy (non-hydrogen) atoms. The molecule has 1 fully saturated rings. The third kappa shape index (κ3) is 4.44. The molecule has 2 aliphatic rings. The van der Waals surface area contributed by atoms with E-state index in [1.165, 1.54) is 4.90 Å². The smallest absolute Gasteiger partial charge is 0.305 e. The third-order valence-corrected chi connectivity index (χ3v) is 4.80. The van der Waals surface area contributed by atoms with Crippen LogP contribution in [0, 0.1) is 11.6 Å². The maximum atomic E-state index is 13.3. The molecule has 8 nitrogen and oxygen atoms in total. The molecule has 2 heterocycles. The lowest BCUT2D eigenvalue weighted by molar-refractivity contribution is -0.136. The second kappa shape index (κ2) is 7.91. The molecule has 2 aliphatic heterocycles. The Balaban J connectivity index is 1.53. The van der Waals surface area contributed by atoms with Crippen molar-refractivity contribution in [1.82, 2.24) is 10.2 Å². The second-order valence-electron chi connectivity index (χ2n) is 6.84. The van der Waals surface area contributed by atoms with E-state index in [0.29, 0.717) is 32.0 Å². The van der Waals surface area contributed by atoms with Crippen LogP contribution in [0.4, 0.5) is 8.78 Å². The average molecular weight is 395 g/mol. The van der Waals surface area contributed by atoms with E-state index in [4.69, 9.17) is 9.94 Å². The Bertz CT molecular complexity index is 814. The molecule has 0 atom stereocenters. The van der Waals surface area contributed by atoms with Gasteiger partial charge in [0.1, 0.15) is 22.9 Å². The number of halogens is 2. The van der Waals surface area contributed by atoms with E-state index < -0.39 is 35.0 Å². The molecule has 2 N–H and O–H groups in total. The van der Waals surface area contributed by atoms with Gasteiger partial charge in [-0.05, 0) is 12.1 Å². The summed E-state index contributed by atoms with van der Waals surface area (Å²) in [5, 5.41) is 14.9. The van der Waals surface area contributed by atoms with Crippen LogP contribution in [0.2, 0.25) is 0 Å². The van der Waals surface area contributed by atoms with E-state index in [1.807, 2.05) is 0 Å². The van der Waals surface area contributed by atoms with Crippen molar-refractivity contribution in [3.05, 3.63) is 35.4 Å². The second-order valence-corrected chi connectivity index (χ2v) is 6.84. The number of nitrogens with one attached hydrogen (secondary N) is 1. The highest BCUT2D eigenvalue weighted by molar-refractivity contribution is 6.39. The monoisotopic (exact) mass is 395 g/mol. The van der Waals surface area contributed by atoms with Gasteiger partial charge in [0.25, 0.3) is 11.8 Å². The number of aliphatic carboxylic acids is 1. The van der Waals surface area contributed by atoms with Crippen molar-refractivity contribution in [2.24, 2.45) is 5.16 Å². The van der Waals surface area contributed by atoms with Crippen molar-refractivity contribution in [3.63, 3.8) is 0 Å². The standard InChI is InChI=1S/C18H19F2N3O5/c19-12-7-11(8-13(20)9-12)17(27)23-5-2-18(3-6-23)10-14(22-28-18)16(26)21-4-1-15(24)25/h7-9H,1-6,10H2,(H,21,26)(H,24,25). The zero-order chi connectivity index (χ0) is 20.3. The Hall–Kier alpha value is -3.04. The summed E-state index contributed by atoms with van der Waals surface area (Å²) in [7, 11) is 0. The SMILES string of the molecule is O=C(O)CCNC(=O)C1=NOC2(CCN(C(=O)c3cc(F)cc(F)c3)CC2)C1. The van der Waals surface area contributed by atoms with Gasteiger partial charge in [-0.2, -0.15) is 0 Å². The number of amides is 2. The largest absolute Gasteiger partial charge is 0.481 e. The van der Waals surface area contributed by atoms with Gasteiger partial charge in [-0.25, -0.2) is 8.78 Å². The van der Waals surface area contributed by atoms with E-state index in [-0.39, 0.29) is 30.7 Å². The van der Waals surface area contributed by atoms with Gasteiger partial charge in [0.15, 0.2) is 0 Å². The van der Waals surface area contributed by atoms with Crippen LogP contribution in [0.3, 0.4) is 0 Å². The first kappa shape index (κ1) is 19.7. The molecule has 0 aromatic heterocycles. The van der Waals surface area contributed by atoms with Gasteiger partial charge in [-0.15, -0.1) is 0 Å². The quantitative estimate of drug-likeness (QED) is 0.782. The summed E-state index contributed by atoms with van der Waals surface area (Å²) < 4.78 is 26.7. The van der Waals surface area contributed by atoms with Crippen molar-refractivity contribution >= 4 is 23.5 Å². The molecular weight excluding hydrogens is 376 g/mol. The molecule has 0 bridgehead atoms. The Morgan fingerprint density at radius 2 is 1.82 bits per heavy atom. The fourth-order valence-electron chi connectivity index (χ4n) is 3.27. The first-order valence-electron chi connectivity index (χ1n) is 8.78. The number of carboxylic acid groups (broad SMARTS) is 1. The Labute approximate surface area is 159 Å². The summed E-state index contributed by atoms with van der Waals surface area (Å²) in [6.45, 7) is 0.577. The number of hydrogen-bond donors (Lipinski definition) is 2. The van der Waals surface area contributed by atoms with E-state index in [9.17, 15) is 23.2 Å². The summed E-state index contributed by atoms with van der Waals surface area (Å²) in [5.74, 6) is -3.60. The van der Waals surface area contributed by atoms with Crippen LogP contribution in [-0.2, 0) is 14.4 Å². The van der Waals surface area contributed by atoms with Crippen molar-refractivity contribution < 1.29 is 33.1 Å². The summed E-state index contributed by atoms with van der Waals surface area (Å²) in [5.41, 5.74) is -0.586. The lowest BCUT2D eigenvalue weighted by Gasteiger charge is -2.37. The van der Waals surface area contributed by atoms with E-state index >= 15 is 0 Å². The predicted molar refractivity (Wildman–Crippen MR) is 92.6 cm³/mol. The molecule has 10 heteroatoms. The van der Waals surface area contributed by atoms with Crippen molar-refractivity contribution in [2.45, 2.75) is 31.3 Å². The predicted octanol–water partition coefficient (Wildman–Crippen LogP) is 1.31. The Morgan fingerprint density at radius 1 is 1.18 bits per heavy atom.